The summed E-state index contributed by atoms with van der Waals surface area (Å²) < 4.78 is 5.58. The number of amides is 3. The molecule has 1 atom stereocenters. The number of benzene rings is 2. The van der Waals surface area contributed by atoms with E-state index in [1.165, 1.54) is 4.90 Å². The third kappa shape index (κ3) is 2.73. The van der Waals surface area contributed by atoms with E-state index >= 15 is 0 Å². The van der Waals surface area contributed by atoms with Gasteiger partial charge >= 0.3 is 6.03 Å². The first-order valence-electron chi connectivity index (χ1n) is 7.96. The fraction of sp³-hybridized carbons (Fsp3) is 0.263. The number of nitrogens with one attached hydrogen (secondary N) is 1. The molecule has 0 radical (unpaired) electrons. The van der Waals surface area contributed by atoms with Crippen molar-refractivity contribution in [3.8, 4) is 5.75 Å². The molecule has 124 valence electrons. The van der Waals surface area contributed by atoms with Gasteiger partial charge in [-0.15, -0.1) is 0 Å². The van der Waals surface area contributed by atoms with Crippen LogP contribution in [0.25, 0.3) is 0 Å². The van der Waals surface area contributed by atoms with E-state index in [-0.39, 0.29) is 12.5 Å². The molecule has 0 aromatic heterocycles. The van der Waals surface area contributed by atoms with Gasteiger partial charge in [0.2, 0.25) is 0 Å². The Hall–Kier alpha value is -2.82. The zero-order valence-electron chi connectivity index (χ0n) is 13.8. The van der Waals surface area contributed by atoms with E-state index < -0.39 is 11.6 Å². The lowest BCUT2D eigenvalue weighted by atomic mass is 9.92. The summed E-state index contributed by atoms with van der Waals surface area (Å²) >= 11 is 0. The summed E-state index contributed by atoms with van der Waals surface area (Å²) in [5, 5.41) is 2.81. The summed E-state index contributed by atoms with van der Waals surface area (Å²) in [4.78, 5) is 26.6. The van der Waals surface area contributed by atoms with Gasteiger partial charge in [-0.1, -0.05) is 48.5 Å². The normalized spacial score (nSPS) is 20.2. The van der Waals surface area contributed by atoms with Gasteiger partial charge in [-0.3, -0.25) is 9.69 Å². The quantitative estimate of drug-likeness (QED) is 0.860. The molecule has 24 heavy (non-hydrogen) atoms. The summed E-state index contributed by atoms with van der Waals surface area (Å²) in [5.41, 5.74) is 0.530. The minimum Gasteiger partial charge on any atom is -0.494 e. The van der Waals surface area contributed by atoms with E-state index in [0.29, 0.717) is 12.4 Å². The molecule has 0 bridgehead atoms. The molecular weight excluding hydrogens is 304 g/mol. The zero-order valence-corrected chi connectivity index (χ0v) is 13.8. The summed E-state index contributed by atoms with van der Waals surface area (Å²) in [6, 6.07) is 16.3. The monoisotopic (exact) mass is 324 g/mol. The van der Waals surface area contributed by atoms with Crippen LogP contribution in [0, 0.1) is 0 Å². The van der Waals surface area contributed by atoms with Crippen LogP contribution in [-0.4, -0.2) is 23.4 Å². The van der Waals surface area contributed by atoms with Crippen molar-refractivity contribution in [2.75, 3.05) is 6.61 Å². The standard InChI is InChI=1S/C19H20N2O3/c1-3-24-16-12-8-7-9-14(16)13-21-17(22)19(2,20-18(21)23)15-10-5-4-6-11-15/h4-12H,3,13H2,1-2H3,(H,20,23)/t19-/m1/s1. The summed E-state index contributed by atoms with van der Waals surface area (Å²) in [5.74, 6) is 0.430. The zero-order chi connectivity index (χ0) is 17.2. The molecule has 5 heteroatoms. The van der Waals surface area contributed by atoms with Gasteiger partial charge in [0.25, 0.3) is 5.91 Å². The number of carbonyl (C=O) groups excluding carboxylic acids is 2. The number of hydrogen-bond acceptors (Lipinski definition) is 3. The van der Waals surface area contributed by atoms with E-state index in [1.807, 2.05) is 61.5 Å². The summed E-state index contributed by atoms with van der Waals surface area (Å²) in [7, 11) is 0. The van der Waals surface area contributed by atoms with Gasteiger partial charge in [-0.25, -0.2) is 4.79 Å². The maximum absolute atomic E-state index is 12.9. The third-order valence-electron chi connectivity index (χ3n) is 4.23. The molecule has 0 unspecified atom stereocenters. The van der Waals surface area contributed by atoms with Crippen molar-refractivity contribution >= 4 is 11.9 Å². The molecule has 0 aliphatic carbocycles. The van der Waals surface area contributed by atoms with Gasteiger partial charge in [0.15, 0.2) is 0 Å². The highest BCUT2D eigenvalue weighted by Gasteiger charge is 2.48. The van der Waals surface area contributed by atoms with Crippen LogP contribution in [0.3, 0.4) is 0 Å². The fourth-order valence-electron chi connectivity index (χ4n) is 2.91. The number of para-hydroxylation sites is 1. The maximum atomic E-state index is 12.9. The highest BCUT2D eigenvalue weighted by atomic mass is 16.5. The summed E-state index contributed by atoms with van der Waals surface area (Å²) in [6.45, 7) is 4.34. The number of carbonyl (C=O) groups is 2. The molecular formula is C19H20N2O3. The molecule has 2 aromatic carbocycles. The van der Waals surface area contributed by atoms with Crippen molar-refractivity contribution in [2.24, 2.45) is 0 Å². The van der Waals surface area contributed by atoms with Crippen LogP contribution in [0.2, 0.25) is 0 Å². The number of imide groups is 1. The van der Waals surface area contributed by atoms with Crippen molar-refractivity contribution in [3.05, 3.63) is 65.7 Å². The van der Waals surface area contributed by atoms with Crippen molar-refractivity contribution in [1.82, 2.24) is 10.2 Å². The van der Waals surface area contributed by atoms with Crippen LogP contribution in [-0.2, 0) is 16.9 Å². The van der Waals surface area contributed by atoms with E-state index in [9.17, 15) is 9.59 Å². The topological polar surface area (TPSA) is 58.6 Å². The minimum atomic E-state index is -1.04. The average Bonchev–Trinajstić information content (AvgIpc) is 2.82. The Morgan fingerprint density at radius 3 is 2.42 bits per heavy atom. The van der Waals surface area contributed by atoms with Crippen molar-refractivity contribution < 1.29 is 14.3 Å². The number of nitrogens with zero attached hydrogens (tertiary/aromatic N) is 1. The molecule has 3 amide bonds. The van der Waals surface area contributed by atoms with E-state index in [4.69, 9.17) is 4.74 Å². The first-order chi connectivity index (χ1) is 11.6. The van der Waals surface area contributed by atoms with Crippen LogP contribution < -0.4 is 10.1 Å². The van der Waals surface area contributed by atoms with Crippen LogP contribution in [0.1, 0.15) is 25.0 Å². The molecule has 1 saturated heterocycles. The van der Waals surface area contributed by atoms with Crippen molar-refractivity contribution in [2.45, 2.75) is 25.9 Å². The van der Waals surface area contributed by atoms with Gasteiger partial charge < -0.3 is 10.1 Å². The van der Waals surface area contributed by atoms with E-state index in [2.05, 4.69) is 5.32 Å². The Kier molecular flexibility index (Phi) is 4.25. The van der Waals surface area contributed by atoms with E-state index in [1.54, 1.807) is 6.92 Å². The van der Waals surface area contributed by atoms with Crippen LogP contribution >= 0.6 is 0 Å². The summed E-state index contributed by atoms with van der Waals surface area (Å²) in [6.07, 6.45) is 0. The highest BCUT2D eigenvalue weighted by Crippen LogP contribution is 2.31. The first-order valence-corrected chi connectivity index (χ1v) is 7.96. The minimum absolute atomic E-state index is 0.184. The predicted octanol–water partition coefficient (Wildman–Crippen LogP) is 3.05. The lowest BCUT2D eigenvalue weighted by molar-refractivity contribution is -0.131. The molecule has 1 N–H and O–H groups in total. The van der Waals surface area contributed by atoms with Crippen molar-refractivity contribution in [1.29, 1.82) is 0 Å². The molecule has 5 nitrogen and oxygen atoms in total. The van der Waals surface area contributed by atoms with Gasteiger partial charge in [0, 0.05) is 5.56 Å². The lowest BCUT2D eigenvalue weighted by Gasteiger charge is -2.22. The lowest BCUT2D eigenvalue weighted by Crippen LogP contribution is -2.40. The second-order valence-electron chi connectivity index (χ2n) is 5.85. The Balaban J connectivity index is 1.88. The molecule has 0 saturated carbocycles. The highest BCUT2D eigenvalue weighted by molar-refractivity contribution is 6.07. The predicted molar refractivity (Wildman–Crippen MR) is 90.5 cm³/mol. The number of ether oxygens (including phenoxy) is 1. The number of rotatable bonds is 5. The molecule has 3 rings (SSSR count). The van der Waals surface area contributed by atoms with Gasteiger partial charge in [0.1, 0.15) is 11.3 Å². The smallest absolute Gasteiger partial charge is 0.325 e. The van der Waals surface area contributed by atoms with Crippen LogP contribution in [0.15, 0.2) is 54.6 Å². The molecule has 1 aliphatic heterocycles. The number of hydrogen-bond donors (Lipinski definition) is 1. The fourth-order valence-corrected chi connectivity index (χ4v) is 2.91. The Bertz CT molecular complexity index is 760. The molecule has 1 heterocycles. The molecule has 2 aromatic rings. The second-order valence-corrected chi connectivity index (χ2v) is 5.85. The van der Waals surface area contributed by atoms with Crippen LogP contribution in [0.5, 0.6) is 5.75 Å². The van der Waals surface area contributed by atoms with Gasteiger partial charge in [0.05, 0.1) is 13.2 Å². The van der Waals surface area contributed by atoms with Gasteiger partial charge in [-0.05, 0) is 25.5 Å². The number of urea groups is 1. The maximum Gasteiger partial charge on any atom is 0.325 e. The van der Waals surface area contributed by atoms with Gasteiger partial charge in [-0.2, -0.15) is 0 Å². The largest absolute Gasteiger partial charge is 0.494 e. The Morgan fingerprint density at radius 1 is 1.04 bits per heavy atom. The second kappa shape index (κ2) is 6.35. The molecule has 0 spiro atoms. The molecule has 1 aliphatic rings. The third-order valence-corrected chi connectivity index (χ3v) is 4.23. The SMILES string of the molecule is CCOc1ccccc1CN1C(=O)N[C@](C)(c2ccccc2)C1=O. The Labute approximate surface area is 141 Å². The molecule has 1 fully saturated rings. The average molecular weight is 324 g/mol. The first kappa shape index (κ1) is 16.1. The van der Waals surface area contributed by atoms with E-state index in [0.717, 1.165) is 11.1 Å². The Morgan fingerprint density at radius 2 is 1.71 bits per heavy atom. The van der Waals surface area contributed by atoms with Crippen molar-refractivity contribution in [3.63, 3.8) is 0 Å². The van der Waals surface area contributed by atoms with Crippen LogP contribution in [0.4, 0.5) is 4.79 Å².